The van der Waals surface area contributed by atoms with Gasteiger partial charge in [0.05, 0.1) is 10.6 Å². The smallest absolute Gasteiger partial charge is 0.123 e. The Morgan fingerprint density at radius 2 is 2.12 bits per heavy atom. The molecule has 2 aromatic rings. The molecule has 0 spiro atoms. The average molecular weight is 358 g/mol. The lowest BCUT2D eigenvalue weighted by Crippen LogP contribution is -2.37. The van der Waals surface area contributed by atoms with Gasteiger partial charge in [-0.05, 0) is 68.4 Å². The van der Waals surface area contributed by atoms with Crippen LogP contribution < -0.4 is 4.90 Å². The van der Waals surface area contributed by atoms with Crippen LogP contribution in [-0.2, 0) is 6.54 Å². The molecule has 1 atom stereocenters. The van der Waals surface area contributed by atoms with E-state index in [9.17, 15) is 4.39 Å². The Labute approximate surface area is 153 Å². The summed E-state index contributed by atoms with van der Waals surface area (Å²) in [6.45, 7) is 4.60. The number of hydrogen-bond acceptors (Lipinski definition) is 3. The Morgan fingerprint density at radius 3 is 2.76 bits per heavy atom. The van der Waals surface area contributed by atoms with Crippen LogP contribution in [0.3, 0.4) is 0 Å². The van der Waals surface area contributed by atoms with Crippen LogP contribution in [0.15, 0.2) is 36.4 Å². The topological polar surface area (TPSA) is 30.3 Å². The molecule has 1 aliphatic rings. The SMILES string of the molecule is Cc1ccc(F)cc1CN(c1ccc(C#N)c(Cl)c1)C1CCN(C)C1. The maximum atomic E-state index is 13.7. The number of aryl methyl sites for hydroxylation is 1. The molecular weight excluding hydrogens is 337 g/mol. The van der Waals surface area contributed by atoms with Crippen molar-refractivity contribution in [1.29, 1.82) is 5.26 Å². The van der Waals surface area contributed by atoms with Crippen molar-refractivity contribution < 1.29 is 4.39 Å². The predicted molar refractivity (Wildman–Crippen MR) is 99.4 cm³/mol. The van der Waals surface area contributed by atoms with Gasteiger partial charge >= 0.3 is 0 Å². The second kappa shape index (κ2) is 7.43. The van der Waals surface area contributed by atoms with Crippen LogP contribution >= 0.6 is 11.6 Å². The summed E-state index contributed by atoms with van der Waals surface area (Å²) < 4.78 is 13.7. The zero-order valence-electron chi connectivity index (χ0n) is 14.5. The van der Waals surface area contributed by atoms with E-state index in [1.165, 1.54) is 6.07 Å². The molecule has 1 fully saturated rings. The lowest BCUT2D eigenvalue weighted by atomic mass is 10.1. The molecule has 5 heteroatoms. The molecular formula is C20H21ClFN3. The van der Waals surface area contributed by atoms with Crippen LogP contribution in [-0.4, -0.2) is 31.1 Å². The van der Waals surface area contributed by atoms with Gasteiger partial charge in [-0.2, -0.15) is 5.26 Å². The number of nitriles is 1. The van der Waals surface area contributed by atoms with Crippen molar-refractivity contribution in [2.45, 2.75) is 25.9 Å². The second-order valence-electron chi connectivity index (χ2n) is 6.68. The largest absolute Gasteiger partial charge is 0.363 e. The molecule has 1 unspecified atom stereocenters. The molecule has 0 radical (unpaired) electrons. The molecule has 3 nitrogen and oxygen atoms in total. The third kappa shape index (κ3) is 3.95. The summed E-state index contributed by atoms with van der Waals surface area (Å²) in [4.78, 5) is 4.57. The van der Waals surface area contributed by atoms with E-state index in [-0.39, 0.29) is 5.82 Å². The number of nitrogens with zero attached hydrogens (tertiary/aromatic N) is 3. The first-order valence-corrected chi connectivity index (χ1v) is 8.75. The molecule has 1 saturated heterocycles. The van der Waals surface area contributed by atoms with E-state index in [1.807, 2.05) is 25.1 Å². The molecule has 0 bridgehead atoms. The number of halogens is 2. The standard InChI is InChI=1S/C20H21ClFN3/c1-14-3-5-17(22)9-16(14)12-25(19-7-8-24(2)13-19)18-6-4-15(11-23)20(21)10-18/h3-6,9-10,19H,7-8,12-13H2,1-2H3. The molecule has 0 aliphatic carbocycles. The lowest BCUT2D eigenvalue weighted by molar-refractivity contribution is 0.407. The van der Waals surface area contributed by atoms with Crippen LogP contribution in [0.1, 0.15) is 23.1 Å². The van der Waals surface area contributed by atoms with Crippen molar-refractivity contribution in [3.05, 3.63) is 63.9 Å². The van der Waals surface area contributed by atoms with Crippen molar-refractivity contribution in [3.63, 3.8) is 0 Å². The third-order valence-electron chi connectivity index (χ3n) is 4.86. The average Bonchev–Trinajstić information content (AvgIpc) is 3.01. The van der Waals surface area contributed by atoms with E-state index in [1.54, 1.807) is 12.1 Å². The van der Waals surface area contributed by atoms with Gasteiger partial charge in [0.1, 0.15) is 11.9 Å². The maximum Gasteiger partial charge on any atom is 0.123 e. The van der Waals surface area contributed by atoms with Gasteiger partial charge in [0, 0.05) is 24.8 Å². The van der Waals surface area contributed by atoms with Crippen molar-refractivity contribution in [1.82, 2.24) is 4.90 Å². The van der Waals surface area contributed by atoms with Gasteiger partial charge in [-0.1, -0.05) is 17.7 Å². The molecule has 0 aromatic heterocycles. The quantitative estimate of drug-likeness (QED) is 0.814. The van der Waals surface area contributed by atoms with Crippen molar-refractivity contribution in [2.75, 3.05) is 25.0 Å². The summed E-state index contributed by atoms with van der Waals surface area (Å²) in [6, 6.07) is 12.9. The predicted octanol–water partition coefficient (Wildman–Crippen LogP) is 4.37. The van der Waals surface area contributed by atoms with Gasteiger partial charge < -0.3 is 9.80 Å². The Kier molecular flexibility index (Phi) is 5.27. The highest BCUT2D eigenvalue weighted by Gasteiger charge is 2.27. The number of likely N-dealkylation sites (tertiary alicyclic amines) is 1. The van der Waals surface area contributed by atoms with Gasteiger partial charge in [-0.15, -0.1) is 0 Å². The molecule has 2 aromatic carbocycles. The van der Waals surface area contributed by atoms with E-state index in [2.05, 4.69) is 22.9 Å². The molecule has 0 saturated carbocycles. The number of anilines is 1. The lowest BCUT2D eigenvalue weighted by Gasteiger charge is -2.32. The molecule has 1 heterocycles. The molecule has 1 aliphatic heterocycles. The first-order valence-electron chi connectivity index (χ1n) is 8.38. The van der Waals surface area contributed by atoms with Crippen LogP contribution in [0, 0.1) is 24.1 Å². The first kappa shape index (κ1) is 17.7. The zero-order chi connectivity index (χ0) is 18.0. The van der Waals surface area contributed by atoms with Crippen molar-refractivity contribution in [3.8, 4) is 6.07 Å². The fraction of sp³-hybridized carbons (Fsp3) is 0.350. The van der Waals surface area contributed by atoms with Crippen LogP contribution in [0.25, 0.3) is 0 Å². The Bertz CT molecular complexity index is 815. The minimum Gasteiger partial charge on any atom is -0.363 e. The minimum absolute atomic E-state index is 0.220. The van der Waals surface area contributed by atoms with Gasteiger partial charge in [0.25, 0.3) is 0 Å². The highest BCUT2D eigenvalue weighted by Crippen LogP contribution is 2.29. The molecule has 130 valence electrons. The first-order chi connectivity index (χ1) is 12.0. The third-order valence-corrected chi connectivity index (χ3v) is 5.18. The van der Waals surface area contributed by atoms with Gasteiger partial charge in [0.2, 0.25) is 0 Å². The highest BCUT2D eigenvalue weighted by molar-refractivity contribution is 6.32. The summed E-state index contributed by atoms with van der Waals surface area (Å²) in [5, 5.41) is 9.55. The number of likely N-dealkylation sites (N-methyl/N-ethyl adjacent to an activating group) is 1. The zero-order valence-corrected chi connectivity index (χ0v) is 15.2. The van der Waals surface area contributed by atoms with Crippen LogP contribution in [0.5, 0.6) is 0 Å². The Morgan fingerprint density at radius 1 is 1.32 bits per heavy atom. The van der Waals surface area contributed by atoms with Crippen molar-refractivity contribution >= 4 is 17.3 Å². The normalized spacial score (nSPS) is 17.5. The molecule has 0 amide bonds. The minimum atomic E-state index is -0.220. The van der Waals surface area contributed by atoms with E-state index < -0.39 is 0 Å². The monoisotopic (exact) mass is 357 g/mol. The van der Waals surface area contributed by atoms with Crippen LogP contribution in [0.4, 0.5) is 10.1 Å². The summed E-state index contributed by atoms with van der Waals surface area (Å²) in [5.74, 6) is -0.220. The summed E-state index contributed by atoms with van der Waals surface area (Å²) >= 11 is 6.25. The van der Waals surface area contributed by atoms with Crippen LogP contribution in [0.2, 0.25) is 5.02 Å². The maximum absolute atomic E-state index is 13.7. The van der Waals surface area contributed by atoms with Gasteiger partial charge in [0.15, 0.2) is 0 Å². The summed E-state index contributed by atoms with van der Waals surface area (Å²) in [5.41, 5.74) is 3.47. The Balaban J connectivity index is 1.97. The summed E-state index contributed by atoms with van der Waals surface area (Å²) in [7, 11) is 2.11. The van der Waals surface area contributed by atoms with E-state index >= 15 is 0 Å². The molecule has 0 N–H and O–H groups in total. The molecule has 25 heavy (non-hydrogen) atoms. The van der Waals surface area contributed by atoms with E-state index in [0.717, 1.165) is 36.3 Å². The number of benzene rings is 2. The fourth-order valence-electron chi connectivity index (χ4n) is 3.36. The van der Waals surface area contributed by atoms with E-state index in [4.69, 9.17) is 16.9 Å². The Hall–Kier alpha value is -2.09. The molecule has 3 rings (SSSR count). The second-order valence-corrected chi connectivity index (χ2v) is 7.09. The van der Waals surface area contributed by atoms with Crippen molar-refractivity contribution in [2.24, 2.45) is 0 Å². The number of rotatable bonds is 4. The van der Waals surface area contributed by atoms with E-state index in [0.29, 0.717) is 23.2 Å². The fourth-order valence-corrected chi connectivity index (χ4v) is 3.58. The van der Waals surface area contributed by atoms with Gasteiger partial charge in [-0.25, -0.2) is 4.39 Å². The highest BCUT2D eigenvalue weighted by atomic mass is 35.5. The number of hydrogen-bond donors (Lipinski definition) is 0. The summed E-state index contributed by atoms with van der Waals surface area (Å²) in [6.07, 6.45) is 1.04. The van der Waals surface area contributed by atoms with Gasteiger partial charge in [-0.3, -0.25) is 0 Å².